The maximum atomic E-state index is 13.8. The molecule has 0 saturated heterocycles. The highest BCUT2D eigenvalue weighted by Gasteiger charge is 2.34. The molecule has 0 unspecified atom stereocenters. The molecular weight excluding hydrogens is 1730 g/mol. The number of ether oxygens (including phenoxy) is 6. The summed E-state index contributed by atoms with van der Waals surface area (Å²) in [6.07, 6.45) is 6.37. The van der Waals surface area contributed by atoms with E-state index in [1.54, 1.807) is 99.5 Å². The van der Waals surface area contributed by atoms with Gasteiger partial charge in [-0.25, -0.2) is 23.1 Å². The Bertz CT molecular complexity index is 6750. The molecule has 5 amide bonds. The first kappa shape index (κ1) is 89.8. The van der Waals surface area contributed by atoms with Crippen LogP contribution in [0.2, 0.25) is 0 Å². The Morgan fingerprint density at radius 3 is 1.07 bits per heavy atom. The lowest BCUT2D eigenvalue weighted by molar-refractivity contribution is 0.0672. The number of fused-ring (bicyclic) bond motifs is 6. The predicted octanol–water partition coefficient (Wildman–Crippen LogP) is 14.5. The highest BCUT2D eigenvalue weighted by molar-refractivity contribution is 7.18. The van der Waals surface area contributed by atoms with Crippen LogP contribution in [0.5, 0.6) is 34.6 Å². The molecule has 0 N–H and O–H groups in total. The van der Waals surface area contributed by atoms with E-state index in [-0.39, 0.29) is 66.6 Å². The van der Waals surface area contributed by atoms with Crippen LogP contribution in [0.1, 0.15) is 114 Å². The molecule has 5 aliphatic rings. The number of halogens is 3. The zero-order chi connectivity index (χ0) is 92.2. The van der Waals surface area contributed by atoms with Crippen LogP contribution in [0.25, 0.3) is 10.2 Å². The summed E-state index contributed by atoms with van der Waals surface area (Å²) < 4.78 is 83.5. The molecule has 0 bridgehead atoms. The Balaban J connectivity index is 0.000000117. The third kappa shape index (κ3) is 22.6. The van der Waals surface area contributed by atoms with Crippen LogP contribution < -0.4 is 28.4 Å². The Morgan fingerprint density at radius 1 is 0.321 bits per heavy atom. The summed E-state index contributed by atoms with van der Waals surface area (Å²) in [6, 6.07) is 74.2. The van der Waals surface area contributed by atoms with Gasteiger partial charge in [0.25, 0.3) is 29.5 Å². The average Bonchev–Trinajstić information content (AvgIpc) is 1.67. The number of aryl methyl sites for hydroxylation is 1. The topological polar surface area (TPSA) is 310 Å². The first-order chi connectivity index (χ1) is 65.5. The van der Waals surface area contributed by atoms with Crippen molar-refractivity contribution in [1.82, 2.24) is 98.3 Å². The molecule has 21 rings (SSSR count). The van der Waals surface area contributed by atoms with Crippen LogP contribution in [-0.4, -0.2) is 168 Å². The van der Waals surface area contributed by atoms with Gasteiger partial charge in [0.1, 0.15) is 147 Å². The lowest BCUT2D eigenvalue weighted by Crippen LogP contribution is -2.40. The maximum absolute atomic E-state index is 13.8. The van der Waals surface area contributed by atoms with Crippen molar-refractivity contribution in [3.8, 4) is 34.6 Å². The van der Waals surface area contributed by atoms with Gasteiger partial charge in [-0.3, -0.25) is 62.3 Å². The minimum atomic E-state index is -0.437. The molecule has 0 spiro atoms. The number of para-hydroxylation sites is 4. The molecule has 0 saturated carbocycles. The molecule has 0 aliphatic carbocycles. The second kappa shape index (κ2) is 42.6. The number of carbonyl (C=O) groups is 5. The predicted molar refractivity (Wildman–Crippen MR) is 486 cm³/mol. The summed E-state index contributed by atoms with van der Waals surface area (Å²) in [5.41, 5.74) is 11.2. The standard InChI is InChI=1S/C21H18N4O2S.C20H20N4O2.C20H19N3O2.C19H16F2N4O2.C19H18FN5O3/c26-21-18-12-15(14-27-16-6-2-1-3-7-16)23-25(18)11-10-24(21)13-20-22-17-8-4-5-9-19(17)28-20;1-15-6-5-9-21-18(15)13-23-10-11-24-19(20(23)25)12-16(22-24)14-26-17-7-3-2-4-8-17;24-20-19-13-17(15-25-18-9-5-2-6-10-18)21-23(19)12-11-22(20)14-16-7-3-1-4-8-16;20-13-3-1-4-15(9-13)27-12-14-10-18-19(26)24(7-8-25(18)23-14)11-17-16(21)5-2-6-22-17;1-27-18-16(21-5-6-22-18)11-24-7-8-25-17(19(24)26)10-14(23-25)12-28-15-4-2-3-13(20)9-15/h1-9,12H,10-11,13-14H2;2-9,12H,10-11,13-14H2,1H3;1-10,13H,11-12,14-15H2;1-6,9-10H,7-8,11-12H2;2-6,9-10H,7-8,11-12H2,1H3. The van der Waals surface area contributed by atoms with E-state index in [0.717, 1.165) is 66.4 Å². The van der Waals surface area contributed by atoms with Crippen LogP contribution in [0.4, 0.5) is 13.2 Å². The molecule has 680 valence electrons. The lowest BCUT2D eigenvalue weighted by atomic mass is 10.2. The van der Waals surface area contributed by atoms with Gasteiger partial charge in [-0.05, 0) is 139 Å². The fourth-order valence-corrected chi connectivity index (χ4v) is 16.3. The van der Waals surface area contributed by atoms with Gasteiger partial charge in [0.05, 0.1) is 87.6 Å². The van der Waals surface area contributed by atoms with Gasteiger partial charge in [0, 0.05) is 76.2 Å². The summed E-state index contributed by atoms with van der Waals surface area (Å²) in [5.74, 6) is 1.99. The number of amides is 5. The van der Waals surface area contributed by atoms with E-state index in [2.05, 4.69) is 56.5 Å². The van der Waals surface area contributed by atoms with E-state index in [9.17, 15) is 37.1 Å². The van der Waals surface area contributed by atoms with Gasteiger partial charge < -0.3 is 52.9 Å². The van der Waals surface area contributed by atoms with Crippen molar-refractivity contribution in [1.29, 1.82) is 0 Å². The van der Waals surface area contributed by atoms with Gasteiger partial charge in [0.15, 0.2) is 0 Å². The van der Waals surface area contributed by atoms with E-state index >= 15 is 0 Å². The molecule has 9 aromatic heterocycles. The Labute approximate surface area is 771 Å². The van der Waals surface area contributed by atoms with Crippen molar-refractivity contribution in [3.63, 3.8) is 0 Å². The zero-order valence-electron chi connectivity index (χ0n) is 73.1. The normalized spacial score (nSPS) is 13.6. The minimum Gasteiger partial charge on any atom is -0.487 e. The number of nitrogens with zero attached hydrogens (tertiary/aromatic N) is 20. The summed E-state index contributed by atoms with van der Waals surface area (Å²) in [5, 5.41) is 23.3. The van der Waals surface area contributed by atoms with Crippen LogP contribution in [0, 0.1) is 24.4 Å². The number of hydrogen-bond acceptors (Lipinski definition) is 22. The van der Waals surface area contributed by atoms with Crippen molar-refractivity contribution in [2.45, 2.75) is 105 Å². The summed E-state index contributed by atoms with van der Waals surface area (Å²) in [6.45, 7) is 11.3. The monoisotopic (exact) mass is 1820 g/mol. The van der Waals surface area contributed by atoms with Crippen LogP contribution in [-0.2, 0) is 98.5 Å². The molecule has 0 fully saturated rings. The number of pyridine rings is 2. The minimum absolute atomic E-state index is 0.0102. The largest absolute Gasteiger partial charge is 0.487 e. The summed E-state index contributed by atoms with van der Waals surface area (Å²) >= 11 is 1.64. The van der Waals surface area contributed by atoms with Crippen molar-refractivity contribution < 1.29 is 65.6 Å². The van der Waals surface area contributed by atoms with Crippen molar-refractivity contribution in [3.05, 3.63) is 381 Å². The third-order valence-corrected chi connectivity index (χ3v) is 23.2. The SMILES string of the molecule is COc1nccnc1CN1CCn2nc(COc3cccc(F)c3)cc2C1=O.Cc1cccnc1CN1CCn2nc(COc3ccccc3)cc2C1=O.O=C1c2cc(COc3cccc(F)c3)nn2CCN1Cc1ncccc1F.O=C1c2cc(COc3ccccc3)nn2CCN1Cc1ccccc1.O=C1c2cc(COc3ccccc3)nn2CCN1Cc1nc2ccccc2s1. The van der Waals surface area contributed by atoms with Gasteiger partial charge in [-0.15, -0.1) is 11.3 Å². The molecule has 16 aromatic rings. The van der Waals surface area contributed by atoms with Crippen LogP contribution in [0.15, 0.2) is 274 Å². The van der Waals surface area contributed by atoms with Crippen molar-refractivity contribution in [2.75, 3.05) is 39.8 Å². The summed E-state index contributed by atoms with van der Waals surface area (Å²) in [7, 11) is 1.52. The Hall–Kier alpha value is -16.2. The fourth-order valence-electron chi connectivity index (χ4n) is 15.4. The highest BCUT2D eigenvalue weighted by Crippen LogP contribution is 2.29. The number of thiazole rings is 1. The fraction of sp³-hybridized carbons (Fsp3) is 0.222. The average molecular weight is 1830 g/mol. The molecule has 134 heavy (non-hydrogen) atoms. The highest BCUT2D eigenvalue weighted by atomic mass is 32.1. The molecule has 5 aliphatic heterocycles. The van der Waals surface area contributed by atoms with E-state index in [1.807, 2.05) is 191 Å². The van der Waals surface area contributed by atoms with Gasteiger partial charge >= 0.3 is 0 Å². The molecule has 31 nitrogen and oxygen atoms in total. The van der Waals surface area contributed by atoms with E-state index in [1.165, 1.54) is 49.7 Å². The second-order valence-corrected chi connectivity index (χ2v) is 32.5. The van der Waals surface area contributed by atoms with Crippen molar-refractivity contribution in [2.24, 2.45) is 0 Å². The molecule has 14 heterocycles. The van der Waals surface area contributed by atoms with Crippen LogP contribution >= 0.6 is 11.3 Å². The smallest absolute Gasteiger partial charge is 0.272 e. The maximum Gasteiger partial charge on any atom is 0.272 e. The van der Waals surface area contributed by atoms with E-state index in [4.69, 9.17) is 28.4 Å². The van der Waals surface area contributed by atoms with Gasteiger partial charge in [-0.2, -0.15) is 25.5 Å². The third-order valence-electron chi connectivity index (χ3n) is 22.1. The number of hydrogen-bond donors (Lipinski definition) is 0. The number of rotatable bonds is 26. The zero-order valence-corrected chi connectivity index (χ0v) is 73.9. The number of benzene rings is 7. The van der Waals surface area contributed by atoms with Crippen LogP contribution in [0.3, 0.4) is 0 Å². The first-order valence-corrected chi connectivity index (χ1v) is 44.1. The van der Waals surface area contributed by atoms with E-state index < -0.39 is 5.82 Å². The molecular formula is C99H91F3N20O11S. The molecule has 35 heteroatoms. The molecule has 0 atom stereocenters. The number of carbonyl (C=O) groups excluding carboxylic acids is 5. The van der Waals surface area contributed by atoms with Gasteiger partial charge in [-0.1, -0.05) is 115 Å². The molecule has 0 radical (unpaired) electrons. The molecule has 7 aromatic carbocycles. The second-order valence-electron chi connectivity index (χ2n) is 31.4. The van der Waals surface area contributed by atoms with Crippen molar-refractivity contribution >= 4 is 51.1 Å². The first-order valence-electron chi connectivity index (χ1n) is 43.3. The number of aromatic nitrogens is 15. The van der Waals surface area contributed by atoms with Gasteiger partial charge in [0.2, 0.25) is 5.88 Å². The lowest BCUT2D eigenvalue weighted by Gasteiger charge is -2.27. The Kier molecular flexibility index (Phi) is 28.5. The Morgan fingerprint density at radius 2 is 0.664 bits per heavy atom. The number of methoxy groups -OCH3 is 1. The van der Waals surface area contributed by atoms with E-state index in [0.29, 0.717) is 174 Å². The summed E-state index contributed by atoms with van der Waals surface area (Å²) in [4.78, 5) is 94.2. The quantitative estimate of drug-likeness (QED) is 0.0486.